The molecular weight excluding hydrogens is 390 g/mol. The molecule has 1 saturated heterocycles. The van der Waals surface area contributed by atoms with Crippen LogP contribution >= 0.6 is 11.3 Å². The number of fused-ring (bicyclic) bond motifs is 1. The van der Waals surface area contributed by atoms with Crippen LogP contribution in [0.4, 0.5) is 22.4 Å². The van der Waals surface area contributed by atoms with Crippen LogP contribution in [0.25, 0.3) is 10.2 Å². The molecule has 27 heavy (non-hydrogen) atoms. The Labute approximate surface area is 154 Å². The van der Waals surface area contributed by atoms with Gasteiger partial charge in [0.15, 0.2) is 4.80 Å². The van der Waals surface area contributed by atoms with E-state index in [1.807, 2.05) is 0 Å². The molecule has 0 spiro atoms. The minimum atomic E-state index is -5.09. The number of carbonyl (C=O) groups is 2. The zero-order valence-electron chi connectivity index (χ0n) is 13.9. The fourth-order valence-corrected chi connectivity index (χ4v) is 4.09. The average molecular weight is 405 g/mol. The number of alkyl halides is 3. The molecule has 0 aliphatic carbocycles. The maximum absolute atomic E-state index is 13.5. The van der Waals surface area contributed by atoms with E-state index in [1.165, 1.54) is 27.7 Å². The second-order valence-corrected chi connectivity index (χ2v) is 7.24. The highest BCUT2D eigenvalue weighted by Crippen LogP contribution is 2.24. The van der Waals surface area contributed by atoms with E-state index in [2.05, 4.69) is 4.99 Å². The average Bonchev–Trinajstić information content (AvgIpc) is 2.91. The van der Waals surface area contributed by atoms with Crippen LogP contribution in [-0.2, 0) is 11.3 Å². The highest BCUT2D eigenvalue weighted by molar-refractivity contribution is 7.16. The van der Waals surface area contributed by atoms with Gasteiger partial charge in [0.2, 0.25) is 0 Å². The lowest BCUT2D eigenvalue weighted by molar-refractivity contribution is -0.169. The molecule has 0 saturated carbocycles. The Balaban J connectivity index is 1.95. The van der Waals surface area contributed by atoms with E-state index in [-0.39, 0.29) is 17.3 Å². The van der Waals surface area contributed by atoms with E-state index in [4.69, 9.17) is 5.11 Å². The SMILES string of the molecule is O=C(O)N1CCC(Cn2c(=NC(=O)C(F)(F)F)sc3cc(F)ccc32)CC1. The van der Waals surface area contributed by atoms with Crippen molar-refractivity contribution in [3.05, 3.63) is 28.8 Å². The first kappa shape index (κ1) is 19.3. The number of benzene rings is 1. The second kappa shape index (κ2) is 7.29. The topological polar surface area (TPSA) is 74.9 Å². The summed E-state index contributed by atoms with van der Waals surface area (Å²) in [6, 6.07) is 3.80. The van der Waals surface area contributed by atoms with Gasteiger partial charge in [-0.3, -0.25) is 4.79 Å². The molecule has 1 N–H and O–H groups in total. The maximum Gasteiger partial charge on any atom is 0.473 e. The van der Waals surface area contributed by atoms with Crippen LogP contribution in [0.15, 0.2) is 23.2 Å². The number of carbonyl (C=O) groups excluding carboxylic acids is 1. The smallest absolute Gasteiger partial charge is 0.465 e. The Bertz CT molecular complexity index is 943. The van der Waals surface area contributed by atoms with Crippen molar-refractivity contribution in [3.63, 3.8) is 0 Å². The number of amides is 2. The molecule has 0 radical (unpaired) electrons. The molecule has 2 aromatic rings. The summed E-state index contributed by atoms with van der Waals surface area (Å²) in [5.74, 6) is -2.76. The largest absolute Gasteiger partial charge is 0.473 e. The number of halogens is 4. The summed E-state index contributed by atoms with van der Waals surface area (Å²) in [5.41, 5.74) is 0.482. The van der Waals surface area contributed by atoms with Crippen LogP contribution in [0.2, 0.25) is 0 Å². The summed E-state index contributed by atoms with van der Waals surface area (Å²) in [6.45, 7) is 0.916. The Morgan fingerprint density at radius 2 is 1.93 bits per heavy atom. The number of nitrogens with zero attached hydrogens (tertiary/aromatic N) is 3. The number of rotatable bonds is 2. The Morgan fingerprint density at radius 3 is 2.52 bits per heavy atom. The van der Waals surface area contributed by atoms with E-state index in [0.717, 1.165) is 11.3 Å². The van der Waals surface area contributed by atoms with Crippen molar-refractivity contribution in [2.45, 2.75) is 25.6 Å². The van der Waals surface area contributed by atoms with Crippen molar-refractivity contribution in [1.29, 1.82) is 0 Å². The Kier molecular flexibility index (Phi) is 5.22. The van der Waals surface area contributed by atoms with Gasteiger partial charge in [0.05, 0.1) is 10.2 Å². The minimum absolute atomic E-state index is 0.00314. The lowest BCUT2D eigenvalue weighted by Crippen LogP contribution is -2.39. The van der Waals surface area contributed by atoms with Gasteiger partial charge in [0.25, 0.3) is 0 Å². The number of likely N-dealkylation sites (tertiary alicyclic amines) is 1. The fourth-order valence-electron chi connectivity index (χ4n) is 3.02. The van der Waals surface area contributed by atoms with Crippen molar-refractivity contribution in [2.75, 3.05) is 13.1 Å². The number of hydrogen-bond donors (Lipinski definition) is 1. The van der Waals surface area contributed by atoms with Gasteiger partial charge in [-0.1, -0.05) is 11.3 Å². The summed E-state index contributed by atoms with van der Waals surface area (Å²) < 4.78 is 53.1. The quantitative estimate of drug-likeness (QED) is 0.780. The molecule has 0 atom stereocenters. The zero-order valence-corrected chi connectivity index (χ0v) is 14.7. The first-order chi connectivity index (χ1) is 12.6. The number of carboxylic acid groups (broad SMARTS) is 1. The van der Waals surface area contributed by atoms with Crippen molar-refractivity contribution in [2.24, 2.45) is 10.9 Å². The van der Waals surface area contributed by atoms with Gasteiger partial charge in [0.1, 0.15) is 5.82 Å². The van der Waals surface area contributed by atoms with Gasteiger partial charge < -0.3 is 14.6 Å². The molecule has 0 unspecified atom stereocenters. The standard InChI is InChI=1S/C16H15F4N3O3S/c17-10-1-2-11-12(7-10)27-14(21-13(24)16(18,19)20)23(11)8-9-3-5-22(6-4-9)15(25)26/h1-2,7,9H,3-6,8H2,(H,25,26). The zero-order chi connectivity index (χ0) is 19.8. The number of thiazole rings is 1. The fraction of sp³-hybridized carbons (Fsp3) is 0.438. The van der Waals surface area contributed by atoms with Crippen molar-refractivity contribution < 1.29 is 32.3 Å². The molecule has 1 aromatic carbocycles. The summed E-state index contributed by atoms with van der Waals surface area (Å²) in [4.78, 5) is 26.6. The van der Waals surface area contributed by atoms with Crippen LogP contribution in [0.3, 0.4) is 0 Å². The van der Waals surface area contributed by atoms with E-state index in [1.54, 1.807) is 0 Å². The normalized spacial score (nSPS) is 16.9. The van der Waals surface area contributed by atoms with Gasteiger partial charge in [-0.2, -0.15) is 18.2 Å². The molecule has 146 valence electrons. The lowest BCUT2D eigenvalue weighted by atomic mass is 9.97. The van der Waals surface area contributed by atoms with Crippen LogP contribution in [0.1, 0.15) is 12.8 Å². The van der Waals surface area contributed by atoms with Gasteiger partial charge in [-0.05, 0) is 37.0 Å². The highest BCUT2D eigenvalue weighted by Gasteiger charge is 2.38. The van der Waals surface area contributed by atoms with Crippen LogP contribution in [0.5, 0.6) is 0 Å². The molecule has 2 heterocycles. The summed E-state index contributed by atoms with van der Waals surface area (Å²) in [6.07, 6.45) is -5.04. The van der Waals surface area contributed by atoms with Gasteiger partial charge in [0, 0.05) is 19.6 Å². The van der Waals surface area contributed by atoms with Crippen LogP contribution in [0, 0.1) is 11.7 Å². The van der Waals surface area contributed by atoms with Crippen molar-refractivity contribution in [3.8, 4) is 0 Å². The summed E-state index contributed by atoms with van der Waals surface area (Å²) >= 11 is 0.807. The molecule has 1 fully saturated rings. The third-order valence-electron chi connectivity index (χ3n) is 4.41. The Morgan fingerprint density at radius 1 is 1.26 bits per heavy atom. The molecule has 1 aliphatic rings. The van der Waals surface area contributed by atoms with Crippen LogP contribution < -0.4 is 4.80 Å². The summed E-state index contributed by atoms with van der Waals surface area (Å²) in [7, 11) is 0. The molecule has 1 aromatic heterocycles. The van der Waals surface area contributed by atoms with Gasteiger partial charge in [-0.25, -0.2) is 9.18 Å². The highest BCUT2D eigenvalue weighted by atomic mass is 32.1. The number of aromatic nitrogens is 1. The maximum atomic E-state index is 13.5. The third kappa shape index (κ3) is 4.29. The first-order valence-electron chi connectivity index (χ1n) is 8.08. The minimum Gasteiger partial charge on any atom is -0.465 e. The van der Waals surface area contributed by atoms with Crippen molar-refractivity contribution in [1.82, 2.24) is 9.47 Å². The van der Waals surface area contributed by atoms with Crippen molar-refractivity contribution >= 4 is 33.6 Å². The van der Waals surface area contributed by atoms with E-state index in [0.29, 0.717) is 36.1 Å². The molecule has 6 nitrogen and oxygen atoms in total. The van der Waals surface area contributed by atoms with E-state index in [9.17, 15) is 27.2 Å². The van der Waals surface area contributed by atoms with E-state index >= 15 is 0 Å². The third-order valence-corrected chi connectivity index (χ3v) is 5.45. The molecule has 2 amide bonds. The molecule has 1 aliphatic heterocycles. The number of piperidine rings is 1. The molecule has 3 rings (SSSR count). The van der Waals surface area contributed by atoms with Gasteiger partial charge in [-0.15, -0.1) is 0 Å². The Hall–Kier alpha value is -2.43. The van der Waals surface area contributed by atoms with Crippen LogP contribution in [-0.4, -0.2) is 45.8 Å². The second-order valence-electron chi connectivity index (χ2n) is 6.24. The monoisotopic (exact) mass is 405 g/mol. The van der Waals surface area contributed by atoms with Gasteiger partial charge >= 0.3 is 18.2 Å². The van der Waals surface area contributed by atoms with E-state index < -0.39 is 24.0 Å². The first-order valence-corrected chi connectivity index (χ1v) is 8.89. The predicted molar refractivity (Wildman–Crippen MR) is 88.7 cm³/mol. The molecule has 11 heteroatoms. The summed E-state index contributed by atoms with van der Waals surface area (Å²) in [5, 5.41) is 9.00. The lowest BCUT2D eigenvalue weighted by Gasteiger charge is -2.30. The number of hydrogen-bond acceptors (Lipinski definition) is 3. The predicted octanol–water partition coefficient (Wildman–Crippen LogP) is 3.22. The molecular formula is C16H15F4N3O3S. The molecule has 0 bridgehead atoms.